The minimum absolute atomic E-state index is 0.0507. The second-order valence-electron chi connectivity index (χ2n) is 6.95. The number of hydrogen-bond acceptors (Lipinski definition) is 8. The molecule has 0 atom stereocenters. The summed E-state index contributed by atoms with van der Waals surface area (Å²) in [6.07, 6.45) is 4.12. The van der Waals surface area contributed by atoms with Gasteiger partial charge in [-0.2, -0.15) is 5.10 Å². The Morgan fingerprint density at radius 2 is 1.91 bits per heavy atom. The molecule has 0 radical (unpaired) electrons. The first-order valence-corrected chi connectivity index (χ1v) is 11.0. The molecule has 168 valence electrons. The predicted molar refractivity (Wildman–Crippen MR) is 121 cm³/mol. The maximum Gasteiger partial charge on any atom is 0.313 e. The van der Waals surface area contributed by atoms with Crippen LogP contribution in [0.5, 0.6) is 0 Å². The molecular weight excluding hydrogens is 444 g/mol. The van der Waals surface area contributed by atoms with E-state index in [-0.39, 0.29) is 24.3 Å². The number of aromatic nitrogens is 3. The van der Waals surface area contributed by atoms with Crippen molar-refractivity contribution in [2.24, 2.45) is 0 Å². The van der Waals surface area contributed by atoms with Crippen LogP contribution in [0.2, 0.25) is 0 Å². The molecule has 33 heavy (non-hydrogen) atoms. The van der Waals surface area contributed by atoms with Crippen LogP contribution in [0, 0.1) is 0 Å². The molecule has 0 bridgehead atoms. The van der Waals surface area contributed by atoms with Crippen LogP contribution in [-0.4, -0.2) is 45.5 Å². The van der Waals surface area contributed by atoms with Crippen molar-refractivity contribution < 1.29 is 23.9 Å². The molecule has 0 aliphatic heterocycles. The van der Waals surface area contributed by atoms with Crippen molar-refractivity contribution in [3.05, 3.63) is 83.1 Å². The maximum absolute atomic E-state index is 12.6. The van der Waals surface area contributed by atoms with E-state index in [9.17, 15) is 14.4 Å². The number of ketones is 1. The van der Waals surface area contributed by atoms with Gasteiger partial charge in [-0.25, -0.2) is 9.50 Å². The molecular formula is C23H20N4O5S. The Hall–Kier alpha value is -3.89. The molecule has 0 saturated heterocycles. The number of carbonyl (C=O) groups excluding carboxylic acids is 3. The number of thiophene rings is 1. The molecule has 3 heterocycles. The van der Waals surface area contributed by atoms with E-state index in [4.69, 9.17) is 9.47 Å². The molecule has 0 spiro atoms. The first-order chi connectivity index (χ1) is 16.1. The Bertz CT molecular complexity index is 1270. The largest absolute Gasteiger partial charge is 0.463 e. The quantitative estimate of drug-likeness (QED) is 0.166. The molecule has 9 nitrogen and oxygen atoms in total. The summed E-state index contributed by atoms with van der Waals surface area (Å²) in [6.45, 7) is 0.691. The first-order valence-electron chi connectivity index (χ1n) is 10.1. The number of hydrogen-bond donors (Lipinski definition) is 1. The summed E-state index contributed by atoms with van der Waals surface area (Å²) in [5, 5.41) is 8.77. The molecule has 1 N–H and O–H groups in total. The molecule has 4 aromatic rings. The van der Waals surface area contributed by atoms with Gasteiger partial charge < -0.3 is 14.8 Å². The zero-order valence-corrected chi connectivity index (χ0v) is 18.3. The van der Waals surface area contributed by atoms with Gasteiger partial charge in [-0.15, -0.1) is 11.3 Å². The van der Waals surface area contributed by atoms with Gasteiger partial charge in [0, 0.05) is 18.5 Å². The van der Waals surface area contributed by atoms with E-state index >= 15 is 0 Å². The summed E-state index contributed by atoms with van der Waals surface area (Å²) >= 11 is 1.19. The molecule has 1 aromatic carbocycles. The Balaban J connectivity index is 1.25. The highest BCUT2D eigenvalue weighted by molar-refractivity contribution is 7.14. The summed E-state index contributed by atoms with van der Waals surface area (Å²) < 4.78 is 12.0. The molecule has 0 aliphatic carbocycles. The molecule has 10 heteroatoms. The number of Topliss-reactive ketones (excluding diaryl/α,β-unsaturated/α-hetero) is 1. The molecule has 0 aliphatic rings. The van der Waals surface area contributed by atoms with E-state index in [1.54, 1.807) is 29.9 Å². The zero-order chi connectivity index (χ0) is 23.0. The molecule has 0 saturated carbocycles. The highest BCUT2D eigenvalue weighted by Crippen LogP contribution is 2.25. The van der Waals surface area contributed by atoms with E-state index in [0.29, 0.717) is 17.3 Å². The van der Waals surface area contributed by atoms with Gasteiger partial charge in [0.25, 0.3) is 5.91 Å². The normalized spacial score (nSPS) is 10.8. The van der Waals surface area contributed by atoms with Crippen molar-refractivity contribution in [2.75, 3.05) is 18.5 Å². The van der Waals surface area contributed by atoms with Crippen LogP contribution in [0.25, 0.3) is 5.65 Å². The van der Waals surface area contributed by atoms with Gasteiger partial charge in [0.1, 0.15) is 18.0 Å². The standard InChI is InChI=1S/C23H20N4O5S/c28-19(12-21(29)32-10-9-31-15-16-4-2-1-3-5-16)18-7-11-33-23(18)26-22(30)17-13-24-20-6-8-25-27(20)14-17/h1-8,11,13-14H,9-10,12,15H2,(H,26,30). The lowest BCUT2D eigenvalue weighted by Gasteiger charge is -2.07. The second kappa shape index (κ2) is 10.6. The van der Waals surface area contributed by atoms with Gasteiger partial charge in [-0.3, -0.25) is 14.4 Å². The molecule has 3 aromatic heterocycles. The van der Waals surface area contributed by atoms with Crippen molar-refractivity contribution in [3.63, 3.8) is 0 Å². The van der Waals surface area contributed by atoms with Crippen LogP contribution >= 0.6 is 11.3 Å². The van der Waals surface area contributed by atoms with E-state index < -0.39 is 24.1 Å². The van der Waals surface area contributed by atoms with Gasteiger partial charge in [0.05, 0.1) is 30.5 Å². The maximum atomic E-state index is 12.6. The highest BCUT2D eigenvalue weighted by atomic mass is 32.1. The van der Waals surface area contributed by atoms with Gasteiger partial charge in [-0.1, -0.05) is 30.3 Å². The number of nitrogens with one attached hydrogen (secondary N) is 1. The lowest BCUT2D eigenvalue weighted by molar-refractivity contribution is -0.144. The summed E-state index contributed by atoms with van der Waals surface area (Å²) in [5.41, 5.74) is 2.17. The zero-order valence-electron chi connectivity index (χ0n) is 17.5. The third-order valence-electron chi connectivity index (χ3n) is 4.61. The SMILES string of the molecule is O=C(CC(=O)c1ccsc1NC(=O)c1cnc2ccnn2c1)OCCOCc1ccccc1. The van der Waals surface area contributed by atoms with Crippen LogP contribution in [0.3, 0.4) is 0 Å². The summed E-state index contributed by atoms with van der Waals surface area (Å²) in [5.74, 6) is -1.53. The van der Waals surface area contributed by atoms with E-state index in [1.807, 2.05) is 30.3 Å². The highest BCUT2D eigenvalue weighted by Gasteiger charge is 2.19. The number of carbonyl (C=O) groups is 3. The van der Waals surface area contributed by atoms with Crippen molar-refractivity contribution in [2.45, 2.75) is 13.0 Å². The Kier molecular flexibility index (Phi) is 7.18. The van der Waals surface area contributed by atoms with Crippen LogP contribution < -0.4 is 5.32 Å². The molecule has 0 fully saturated rings. The van der Waals surface area contributed by atoms with E-state index in [2.05, 4.69) is 15.4 Å². The van der Waals surface area contributed by atoms with Crippen molar-refractivity contribution in [1.29, 1.82) is 0 Å². The topological polar surface area (TPSA) is 112 Å². The third-order valence-corrected chi connectivity index (χ3v) is 5.44. The lowest BCUT2D eigenvalue weighted by Crippen LogP contribution is -2.17. The summed E-state index contributed by atoms with van der Waals surface area (Å²) in [6, 6.07) is 12.9. The van der Waals surface area contributed by atoms with Crippen molar-refractivity contribution >= 4 is 39.6 Å². The first kappa shape index (κ1) is 22.3. The Labute approximate surface area is 193 Å². The molecule has 0 unspecified atom stereocenters. The van der Waals surface area contributed by atoms with Crippen LogP contribution in [0.15, 0.2) is 66.4 Å². The van der Waals surface area contributed by atoms with Gasteiger partial charge in [0.15, 0.2) is 11.4 Å². The third kappa shape index (κ3) is 5.88. The number of amides is 1. The minimum Gasteiger partial charge on any atom is -0.463 e. The number of benzene rings is 1. The van der Waals surface area contributed by atoms with Gasteiger partial charge in [-0.05, 0) is 17.0 Å². The number of anilines is 1. The van der Waals surface area contributed by atoms with E-state index in [1.165, 1.54) is 22.0 Å². The number of rotatable bonds is 10. The van der Waals surface area contributed by atoms with Crippen molar-refractivity contribution in [1.82, 2.24) is 14.6 Å². The fourth-order valence-electron chi connectivity index (χ4n) is 2.98. The minimum atomic E-state index is -0.653. The Morgan fingerprint density at radius 3 is 2.76 bits per heavy atom. The summed E-state index contributed by atoms with van der Waals surface area (Å²) in [4.78, 5) is 41.3. The number of fused-ring (bicyclic) bond motifs is 1. The molecule has 4 rings (SSSR count). The Morgan fingerprint density at radius 1 is 1.06 bits per heavy atom. The fraction of sp³-hybridized carbons (Fsp3) is 0.174. The summed E-state index contributed by atoms with van der Waals surface area (Å²) in [7, 11) is 0. The fourth-order valence-corrected chi connectivity index (χ4v) is 3.78. The average Bonchev–Trinajstić information content (AvgIpc) is 3.48. The lowest BCUT2D eigenvalue weighted by atomic mass is 10.1. The average molecular weight is 465 g/mol. The number of nitrogens with zero attached hydrogens (tertiary/aromatic N) is 3. The van der Waals surface area contributed by atoms with E-state index in [0.717, 1.165) is 5.56 Å². The van der Waals surface area contributed by atoms with Crippen LogP contribution in [0.4, 0.5) is 5.00 Å². The molecule has 1 amide bonds. The van der Waals surface area contributed by atoms with Gasteiger partial charge in [0.2, 0.25) is 0 Å². The van der Waals surface area contributed by atoms with Crippen molar-refractivity contribution in [3.8, 4) is 0 Å². The van der Waals surface area contributed by atoms with Crippen LogP contribution in [0.1, 0.15) is 32.7 Å². The predicted octanol–water partition coefficient (Wildman–Crippen LogP) is 3.38. The van der Waals surface area contributed by atoms with Crippen LogP contribution in [-0.2, 0) is 20.9 Å². The number of ether oxygens (including phenoxy) is 2. The smallest absolute Gasteiger partial charge is 0.313 e. The second-order valence-corrected chi connectivity index (χ2v) is 7.87. The van der Waals surface area contributed by atoms with Gasteiger partial charge >= 0.3 is 5.97 Å². The number of esters is 1. The monoisotopic (exact) mass is 464 g/mol.